The molecule has 106 valence electrons. The molecule has 0 aromatic heterocycles. The molecule has 0 atom stereocenters. The van der Waals surface area contributed by atoms with E-state index in [4.69, 9.17) is 11.2 Å². The standard InChI is InChI=1S/C16H18INO2/c1-2-11-20-12-13-7-9-18(10-8-13)16(19)14-5-3-4-6-15(14)17/h1,3-6,13H,7-12H2. The summed E-state index contributed by atoms with van der Waals surface area (Å²) in [5.41, 5.74) is 0.801. The van der Waals surface area contributed by atoms with Crippen LogP contribution in [0, 0.1) is 21.8 Å². The van der Waals surface area contributed by atoms with Gasteiger partial charge in [0.05, 0.1) is 12.2 Å². The minimum Gasteiger partial charge on any atom is -0.369 e. The van der Waals surface area contributed by atoms with Crippen LogP contribution < -0.4 is 0 Å². The molecule has 1 aromatic rings. The van der Waals surface area contributed by atoms with Crippen molar-refractivity contribution in [3.8, 4) is 12.3 Å². The van der Waals surface area contributed by atoms with Crippen molar-refractivity contribution in [2.24, 2.45) is 5.92 Å². The number of rotatable bonds is 4. The van der Waals surface area contributed by atoms with Crippen molar-refractivity contribution in [3.63, 3.8) is 0 Å². The number of carbonyl (C=O) groups is 1. The minimum absolute atomic E-state index is 0.137. The Bertz CT molecular complexity index is 501. The first-order chi connectivity index (χ1) is 9.72. The van der Waals surface area contributed by atoms with Gasteiger partial charge in [-0.15, -0.1) is 6.42 Å². The molecule has 0 unspecified atom stereocenters. The van der Waals surface area contributed by atoms with Crippen molar-refractivity contribution in [1.82, 2.24) is 4.90 Å². The molecular weight excluding hydrogens is 365 g/mol. The van der Waals surface area contributed by atoms with Crippen LogP contribution in [0.3, 0.4) is 0 Å². The lowest BCUT2D eigenvalue weighted by atomic mass is 9.97. The third kappa shape index (κ3) is 3.97. The fourth-order valence-electron chi connectivity index (χ4n) is 2.39. The maximum atomic E-state index is 12.5. The van der Waals surface area contributed by atoms with Crippen molar-refractivity contribution < 1.29 is 9.53 Å². The first-order valence-electron chi connectivity index (χ1n) is 6.77. The van der Waals surface area contributed by atoms with Crippen molar-refractivity contribution >= 4 is 28.5 Å². The van der Waals surface area contributed by atoms with Gasteiger partial charge < -0.3 is 9.64 Å². The Morgan fingerprint density at radius 2 is 2.10 bits per heavy atom. The second kappa shape index (κ2) is 7.65. The minimum atomic E-state index is 0.137. The van der Waals surface area contributed by atoms with Crippen LogP contribution in [0.2, 0.25) is 0 Å². The zero-order chi connectivity index (χ0) is 14.4. The van der Waals surface area contributed by atoms with E-state index in [0.29, 0.717) is 19.1 Å². The molecule has 1 aliphatic heterocycles. The summed E-state index contributed by atoms with van der Waals surface area (Å²) in [6.45, 7) is 2.68. The molecule has 0 radical (unpaired) electrons. The summed E-state index contributed by atoms with van der Waals surface area (Å²) < 4.78 is 6.39. The van der Waals surface area contributed by atoms with E-state index < -0.39 is 0 Å². The smallest absolute Gasteiger partial charge is 0.254 e. The quantitative estimate of drug-likeness (QED) is 0.455. The van der Waals surface area contributed by atoms with Crippen LogP contribution in [0.25, 0.3) is 0 Å². The maximum Gasteiger partial charge on any atom is 0.254 e. The third-order valence-corrected chi connectivity index (χ3v) is 4.49. The first-order valence-corrected chi connectivity index (χ1v) is 7.85. The fraction of sp³-hybridized carbons (Fsp3) is 0.438. The van der Waals surface area contributed by atoms with Crippen LogP contribution >= 0.6 is 22.6 Å². The highest BCUT2D eigenvalue weighted by molar-refractivity contribution is 14.1. The predicted octanol–water partition coefficient (Wildman–Crippen LogP) is 2.79. The van der Waals surface area contributed by atoms with Gasteiger partial charge in [-0.1, -0.05) is 18.1 Å². The van der Waals surface area contributed by atoms with Crippen LogP contribution in [0.4, 0.5) is 0 Å². The summed E-state index contributed by atoms with van der Waals surface area (Å²) in [5, 5.41) is 0. The van der Waals surface area contributed by atoms with Gasteiger partial charge in [0.2, 0.25) is 0 Å². The van der Waals surface area contributed by atoms with Crippen molar-refractivity contribution in [1.29, 1.82) is 0 Å². The number of amides is 1. The van der Waals surface area contributed by atoms with Crippen molar-refractivity contribution in [2.45, 2.75) is 12.8 Å². The number of ether oxygens (including phenoxy) is 1. The van der Waals surface area contributed by atoms with E-state index in [-0.39, 0.29) is 5.91 Å². The molecule has 0 N–H and O–H groups in total. The predicted molar refractivity (Wildman–Crippen MR) is 87.4 cm³/mol. The highest BCUT2D eigenvalue weighted by Gasteiger charge is 2.24. The molecule has 3 nitrogen and oxygen atoms in total. The van der Waals surface area contributed by atoms with Gasteiger partial charge in [0, 0.05) is 16.7 Å². The Balaban J connectivity index is 1.86. The second-order valence-electron chi connectivity index (χ2n) is 4.93. The van der Waals surface area contributed by atoms with Crippen molar-refractivity contribution in [2.75, 3.05) is 26.3 Å². The topological polar surface area (TPSA) is 29.5 Å². The lowest BCUT2D eigenvalue weighted by Gasteiger charge is -2.32. The summed E-state index contributed by atoms with van der Waals surface area (Å²) in [7, 11) is 0. The lowest BCUT2D eigenvalue weighted by molar-refractivity contribution is 0.0581. The Labute approximate surface area is 133 Å². The molecule has 0 bridgehead atoms. The van der Waals surface area contributed by atoms with E-state index >= 15 is 0 Å². The summed E-state index contributed by atoms with van der Waals surface area (Å²) in [6, 6.07) is 7.73. The van der Waals surface area contributed by atoms with E-state index in [1.165, 1.54) is 0 Å². The normalized spacial score (nSPS) is 15.9. The van der Waals surface area contributed by atoms with Crippen molar-refractivity contribution in [3.05, 3.63) is 33.4 Å². The van der Waals surface area contributed by atoms with Gasteiger partial charge in [-0.05, 0) is 53.5 Å². The number of likely N-dealkylation sites (tertiary alicyclic amines) is 1. The van der Waals surface area contributed by atoms with Gasteiger partial charge in [-0.2, -0.15) is 0 Å². The monoisotopic (exact) mass is 383 g/mol. The molecule has 4 heteroatoms. The van der Waals surface area contributed by atoms with E-state index in [0.717, 1.165) is 35.1 Å². The summed E-state index contributed by atoms with van der Waals surface area (Å²) in [6.07, 6.45) is 7.13. The molecule has 0 saturated carbocycles. The van der Waals surface area contributed by atoms with E-state index in [9.17, 15) is 4.79 Å². The van der Waals surface area contributed by atoms with Gasteiger partial charge in [0.15, 0.2) is 0 Å². The number of piperidine rings is 1. The van der Waals surface area contributed by atoms with Gasteiger partial charge in [0.25, 0.3) is 5.91 Å². The van der Waals surface area contributed by atoms with Crippen LogP contribution in [0.15, 0.2) is 24.3 Å². The summed E-state index contributed by atoms with van der Waals surface area (Å²) >= 11 is 2.21. The van der Waals surface area contributed by atoms with E-state index in [2.05, 4.69) is 28.5 Å². The lowest BCUT2D eigenvalue weighted by Crippen LogP contribution is -2.39. The largest absolute Gasteiger partial charge is 0.369 e. The third-order valence-electron chi connectivity index (χ3n) is 3.54. The molecule has 0 spiro atoms. The number of nitrogens with zero attached hydrogens (tertiary/aromatic N) is 1. The molecule has 2 rings (SSSR count). The zero-order valence-electron chi connectivity index (χ0n) is 11.3. The summed E-state index contributed by atoms with van der Waals surface area (Å²) in [5.74, 6) is 3.13. The van der Waals surface area contributed by atoms with Gasteiger partial charge in [-0.3, -0.25) is 4.79 Å². The molecule has 1 heterocycles. The van der Waals surface area contributed by atoms with E-state index in [1.807, 2.05) is 29.2 Å². The number of halogens is 1. The average Bonchev–Trinajstić information content (AvgIpc) is 2.48. The first kappa shape index (κ1) is 15.3. The fourth-order valence-corrected chi connectivity index (χ4v) is 3.01. The molecule has 1 aliphatic rings. The van der Waals surface area contributed by atoms with Crippen LogP contribution in [0.5, 0.6) is 0 Å². The van der Waals surface area contributed by atoms with Gasteiger partial charge in [-0.25, -0.2) is 0 Å². The Kier molecular flexibility index (Phi) is 5.86. The molecule has 1 saturated heterocycles. The Morgan fingerprint density at radius 1 is 1.40 bits per heavy atom. The number of carbonyl (C=O) groups excluding carboxylic acids is 1. The number of hydrogen-bond donors (Lipinski definition) is 0. The van der Waals surface area contributed by atoms with Crippen LogP contribution in [0.1, 0.15) is 23.2 Å². The van der Waals surface area contributed by atoms with Gasteiger partial charge in [0.1, 0.15) is 6.61 Å². The maximum absolute atomic E-state index is 12.5. The zero-order valence-corrected chi connectivity index (χ0v) is 13.5. The average molecular weight is 383 g/mol. The Hall–Kier alpha value is -1.06. The number of hydrogen-bond acceptors (Lipinski definition) is 2. The molecule has 20 heavy (non-hydrogen) atoms. The number of benzene rings is 1. The highest BCUT2D eigenvalue weighted by Crippen LogP contribution is 2.21. The molecular formula is C16H18INO2. The second-order valence-corrected chi connectivity index (χ2v) is 6.10. The molecule has 1 amide bonds. The Morgan fingerprint density at radius 3 is 2.75 bits per heavy atom. The molecule has 1 aromatic carbocycles. The van der Waals surface area contributed by atoms with Crippen LogP contribution in [-0.2, 0) is 4.74 Å². The highest BCUT2D eigenvalue weighted by atomic mass is 127. The molecule has 1 fully saturated rings. The SMILES string of the molecule is C#CCOCC1CCN(C(=O)c2ccccc2I)CC1. The summed E-state index contributed by atoms with van der Waals surface area (Å²) in [4.78, 5) is 14.4. The van der Waals surface area contributed by atoms with Crippen LogP contribution in [-0.4, -0.2) is 37.1 Å². The van der Waals surface area contributed by atoms with Gasteiger partial charge >= 0.3 is 0 Å². The van der Waals surface area contributed by atoms with E-state index in [1.54, 1.807) is 0 Å². The molecule has 0 aliphatic carbocycles. The number of terminal acetylenes is 1.